The lowest BCUT2D eigenvalue weighted by molar-refractivity contribution is 0.0792. The van der Waals surface area contributed by atoms with E-state index in [1.165, 1.54) is 4.88 Å². The SMILES string of the molecule is CCC1=NO[C@H](c2nc3sc(CC)cc3c(=O)[nH]2)C1. The van der Waals surface area contributed by atoms with Gasteiger partial charge in [0.05, 0.1) is 11.1 Å². The second-order valence-corrected chi connectivity index (χ2v) is 5.66. The molecule has 19 heavy (non-hydrogen) atoms. The highest BCUT2D eigenvalue weighted by atomic mass is 32.1. The summed E-state index contributed by atoms with van der Waals surface area (Å²) < 4.78 is 0. The van der Waals surface area contributed by atoms with Crippen molar-refractivity contribution < 1.29 is 4.84 Å². The fourth-order valence-electron chi connectivity index (χ4n) is 2.11. The van der Waals surface area contributed by atoms with E-state index in [-0.39, 0.29) is 11.7 Å². The third kappa shape index (κ3) is 2.16. The van der Waals surface area contributed by atoms with Gasteiger partial charge >= 0.3 is 0 Å². The molecule has 0 aliphatic carbocycles. The molecular formula is C13H15N3O2S. The van der Waals surface area contributed by atoms with Gasteiger partial charge in [0.1, 0.15) is 4.83 Å². The van der Waals surface area contributed by atoms with E-state index in [1.54, 1.807) is 11.3 Å². The fourth-order valence-corrected chi connectivity index (χ4v) is 3.08. The summed E-state index contributed by atoms with van der Waals surface area (Å²) in [5.74, 6) is 0.578. The number of H-pyrrole nitrogens is 1. The number of hydrogen-bond donors (Lipinski definition) is 1. The molecule has 5 nitrogen and oxygen atoms in total. The zero-order chi connectivity index (χ0) is 13.4. The predicted octanol–water partition coefficient (Wildman–Crippen LogP) is 2.77. The zero-order valence-electron chi connectivity index (χ0n) is 10.9. The molecule has 0 aromatic carbocycles. The fraction of sp³-hybridized carbons (Fsp3) is 0.462. The first-order chi connectivity index (χ1) is 9.21. The minimum atomic E-state index is -0.251. The first kappa shape index (κ1) is 12.3. The standard InChI is InChI=1S/C13H15N3O2S/c1-3-7-5-10(18-16-7)11-14-12(17)9-6-8(4-2)19-13(9)15-11/h6,10H,3-5H2,1-2H3,(H,14,15,17)/t10-/m0/s1. The summed E-state index contributed by atoms with van der Waals surface area (Å²) in [5.41, 5.74) is 0.915. The van der Waals surface area contributed by atoms with E-state index in [1.807, 2.05) is 13.0 Å². The molecule has 1 aliphatic heterocycles. The average molecular weight is 277 g/mol. The van der Waals surface area contributed by atoms with Gasteiger partial charge in [-0.05, 0) is 18.9 Å². The van der Waals surface area contributed by atoms with Crippen LogP contribution in [0, 0.1) is 0 Å². The van der Waals surface area contributed by atoms with E-state index in [2.05, 4.69) is 22.0 Å². The Bertz CT molecular complexity index is 701. The van der Waals surface area contributed by atoms with Crippen LogP contribution in [-0.4, -0.2) is 15.7 Å². The summed E-state index contributed by atoms with van der Waals surface area (Å²) in [6.45, 7) is 4.11. The van der Waals surface area contributed by atoms with Crippen LogP contribution in [0.25, 0.3) is 10.2 Å². The van der Waals surface area contributed by atoms with Crippen LogP contribution in [0.4, 0.5) is 0 Å². The number of hydrogen-bond acceptors (Lipinski definition) is 5. The summed E-state index contributed by atoms with van der Waals surface area (Å²) in [5, 5.41) is 4.67. The molecule has 1 N–H and O–H groups in total. The monoisotopic (exact) mass is 277 g/mol. The van der Waals surface area contributed by atoms with Crippen molar-refractivity contribution in [1.29, 1.82) is 0 Å². The quantitative estimate of drug-likeness (QED) is 0.938. The highest BCUT2D eigenvalue weighted by Crippen LogP contribution is 2.28. The van der Waals surface area contributed by atoms with Crippen molar-refractivity contribution >= 4 is 27.3 Å². The van der Waals surface area contributed by atoms with Crippen LogP contribution in [0.3, 0.4) is 0 Å². The van der Waals surface area contributed by atoms with Gasteiger partial charge in [0.25, 0.3) is 5.56 Å². The number of nitrogens with zero attached hydrogens (tertiary/aromatic N) is 2. The van der Waals surface area contributed by atoms with Crippen LogP contribution < -0.4 is 5.56 Å². The molecule has 0 spiro atoms. The lowest BCUT2D eigenvalue weighted by Crippen LogP contribution is -2.14. The number of thiophene rings is 1. The number of fused-ring (bicyclic) bond motifs is 1. The Morgan fingerprint density at radius 3 is 3.00 bits per heavy atom. The van der Waals surface area contributed by atoms with Gasteiger partial charge < -0.3 is 9.82 Å². The Labute approximate surface area is 114 Å². The molecule has 2 aromatic rings. The topological polar surface area (TPSA) is 67.3 Å². The third-order valence-corrected chi connectivity index (χ3v) is 4.44. The van der Waals surface area contributed by atoms with Crippen LogP contribution in [-0.2, 0) is 11.3 Å². The van der Waals surface area contributed by atoms with E-state index >= 15 is 0 Å². The molecule has 100 valence electrons. The molecule has 0 saturated heterocycles. The second-order valence-electron chi connectivity index (χ2n) is 4.55. The molecule has 0 radical (unpaired) electrons. The van der Waals surface area contributed by atoms with Crippen molar-refractivity contribution in [3.8, 4) is 0 Å². The Hall–Kier alpha value is -1.69. The Balaban J connectivity index is 2.00. The van der Waals surface area contributed by atoms with E-state index in [4.69, 9.17) is 4.84 Å². The maximum Gasteiger partial charge on any atom is 0.259 e. The predicted molar refractivity (Wildman–Crippen MR) is 75.8 cm³/mol. The van der Waals surface area contributed by atoms with Gasteiger partial charge in [-0.15, -0.1) is 11.3 Å². The smallest absolute Gasteiger partial charge is 0.259 e. The minimum Gasteiger partial charge on any atom is -0.384 e. The normalized spacial score (nSPS) is 18.6. The summed E-state index contributed by atoms with van der Waals surface area (Å²) >= 11 is 1.57. The van der Waals surface area contributed by atoms with Crippen LogP contribution in [0.15, 0.2) is 16.0 Å². The Morgan fingerprint density at radius 1 is 1.47 bits per heavy atom. The first-order valence-corrected chi connectivity index (χ1v) is 7.27. The van der Waals surface area contributed by atoms with Crippen molar-refractivity contribution in [2.45, 2.75) is 39.2 Å². The number of nitrogens with one attached hydrogen (secondary N) is 1. The maximum atomic E-state index is 12.1. The summed E-state index contributed by atoms with van der Waals surface area (Å²) in [6.07, 6.45) is 2.23. The molecule has 1 aliphatic rings. The van der Waals surface area contributed by atoms with Crippen LogP contribution >= 0.6 is 11.3 Å². The molecule has 2 aromatic heterocycles. The Morgan fingerprint density at radius 2 is 2.32 bits per heavy atom. The third-order valence-electron chi connectivity index (χ3n) is 3.26. The van der Waals surface area contributed by atoms with Gasteiger partial charge in [0, 0.05) is 11.3 Å². The van der Waals surface area contributed by atoms with Crippen molar-refractivity contribution in [3.63, 3.8) is 0 Å². The second kappa shape index (κ2) is 4.77. The molecule has 0 unspecified atom stereocenters. The molecule has 0 fully saturated rings. The number of oxime groups is 1. The molecule has 3 rings (SSSR count). The molecule has 6 heteroatoms. The summed E-state index contributed by atoms with van der Waals surface area (Å²) in [4.78, 5) is 26.7. The summed E-state index contributed by atoms with van der Waals surface area (Å²) in [6, 6.07) is 1.92. The van der Waals surface area contributed by atoms with Crippen molar-refractivity contribution in [3.05, 3.63) is 27.1 Å². The van der Waals surface area contributed by atoms with E-state index < -0.39 is 0 Å². The van der Waals surface area contributed by atoms with Gasteiger partial charge in [0.2, 0.25) is 0 Å². The van der Waals surface area contributed by atoms with Gasteiger partial charge in [-0.3, -0.25) is 4.79 Å². The molecule has 3 heterocycles. The Kier molecular flexibility index (Phi) is 3.10. The molecule has 0 saturated carbocycles. The van der Waals surface area contributed by atoms with Crippen LogP contribution in [0.1, 0.15) is 43.5 Å². The number of aromatic nitrogens is 2. The lowest BCUT2D eigenvalue weighted by atomic mass is 10.1. The van der Waals surface area contributed by atoms with Crippen molar-refractivity contribution in [2.24, 2.45) is 5.16 Å². The van der Waals surface area contributed by atoms with E-state index in [0.717, 1.165) is 23.4 Å². The van der Waals surface area contributed by atoms with Gasteiger partial charge in [-0.25, -0.2) is 4.98 Å². The molecule has 0 amide bonds. The largest absolute Gasteiger partial charge is 0.384 e. The number of aryl methyl sites for hydroxylation is 1. The van der Waals surface area contributed by atoms with Gasteiger partial charge in [-0.1, -0.05) is 19.0 Å². The van der Waals surface area contributed by atoms with E-state index in [0.29, 0.717) is 17.6 Å². The highest BCUT2D eigenvalue weighted by Gasteiger charge is 2.24. The number of aromatic amines is 1. The zero-order valence-corrected chi connectivity index (χ0v) is 11.7. The van der Waals surface area contributed by atoms with Crippen molar-refractivity contribution in [1.82, 2.24) is 9.97 Å². The highest BCUT2D eigenvalue weighted by molar-refractivity contribution is 7.18. The van der Waals surface area contributed by atoms with E-state index in [9.17, 15) is 4.79 Å². The molecule has 0 bridgehead atoms. The average Bonchev–Trinajstić information content (AvgIpc) is 3.04. The summed E-state index contributed by atoms with van der Waals surface area (Å²) in [7, 11) is 0. The minimum absolute atomic E-state index is 0.0931. The molecule has 1 atom stereocenters. The number of rotatable bonds is 3. The van der Waals surface area contributed by atoms with Crippen LogP contribution in [0.2, 0.25) is 0 Å². The molecular weight excluding hydrogens is 262 g/mol. The maximum absolute atomic E-state index is 12.1. The van der Waals surface area contributed by atoms with Crippen LogP contribution in [0.5, 0.6) is 0 Å². The first-order valence-electron chi connectivity index (χ1n) is 6.45. The van der Waals surface area contributed by atoms with Gasteiger partial charge in [0.15, 0.2) is 11.9 Å². The lowest BCUT2D eigenvalue weighted by Gasteiger charge is -2.06. The van der Waals surface area contributed by atoms with Crippen molar-refractivity contribution in [2.75, 3.05) is 0 Å². The van der Waals surface area contributed by atoms with Gasteiger partial charge in [-0.2, -0.15) is 0 Å².